The van der Waals surface area contributed by atoms with Gasteiger partial charge in [0.1, 0.15) is 0 Å². The molecule has 0 unspecified atom stereocenters. The number of rotatable bonds is 5. The van der Waals surface area contributed by atoms with Crippen molar-refractivity contribution in [3.8, 4) is 0 Å². The molecular formula is C17H24O2. The van der Waals surface area contributed by atoms with Gasteiger partial charge in [-0.3, -0.25) is 0 Å². The summed E-state index contributed by atoms with van der Waals surface area (Å²) < 4.78 is 0. The van der Waals surface area contributed by atoms with E-state index in [1.54, 1.807) is 12.1 Å². The van der Waals surface area contributed by atoms with Gasteiger partial charge >= 0.3 is 5.97 Å². The van der Waals surface area contributed by atoms with Gasteiger partial charge in [0.25, 0.3) is 0 Å². The van der Waals surface area contributed by atoms with Crippen molar-refractivity contribution in [2.45, 2.75) is 51.9 Å². The zero-order chi connectivity index (χ0) is 13.7. The first-order chi connectivity index (χ1) is 9.19. The number of hydrogen-bond acceptors (Lipinski definition) is 1. The number of carboxylic acid groups (broad SMARTS) is 1. The molecule has 2 heteroatoms. The normalized spacial score (nSPS) is 23.2. The Hall–Kier alpha value is -1.31. The smallest absolute Gasteiger partial charge is 0.335 e. The predicted octanol–water partition coefficient (Wildman–Crippen LogP) is 4.53. The summed E-state index contributed by atoms with van der Waals surface area (Å²) in [5.74, 6) is 0.998. The van der Waals surface area contributed by atoms with Crippen LogP contribution in [0.5, 0.6) is 0 Å². The minimum Gasteiger partial charge on any atom is -0.478 e. The molecule has 1 saturated carbocycles. The lowest BCUT2D eigenvalue weighted by Gasteiger charge is -2.27. The monoisotopic (exact) mass is 260 g/mol. The molecule has 1 fully saturated rings. The van der Waals surface area contributed by atoms with Crippen LogP contribution in [0.15, 0.2) is 24.3 Å². The van der Waals surface area contributed by atoms with Crippen molar-refractivity contribution in [3.63, 3.8) is 0 Å². The Kier molecular flexibility index (Phi) is 5.00. The fourth-order valence-corrected chi connectivity index (χ4v) is 3.11. The molecule has 0 aromatic heterocycles. The van der Waals surface area contributed by atoms with E-state index in [-0.39, 0.29) is 0 Å². The lowest BCUT2D eigenvalue weighted by molar-refractivity contribution is 0.0697. The molecule has 0 saturated heterocycles. The summed E-state index contributed by atoms with van der Waals surface area (Å²) in [6.45, 7) is 2.30. The largest absolute Gasteiger partial charge is 0.478 e. The van der Waals surface area contributed by atoms with E-state index in [4.69, 9.17) is 5.11 Å². The predicted molar refractivity (Wildman–Crippen MR) is 77.5 cm³/mol. The Balaban J connectivity index is 1.78. The Morgan fingerprint density at radius 2 is 1.68 bits per heavy atom. The van der Waals surface area contributed by atoms with Gasteiger partial charge in [-0.1, -0.05) is 51.2 Å². The first-order valence-electron chi connectivity index (χ1n) is 7.51. The van der Waals surface area contributed by atoms with Gasteiger partial charge < -0.3 is 5.11 Å². The second-order valence-electron chi connectivity index (χ2n) is 5.84. The minimum absolute atomic E-state index is 0.382. The number of carboxylic acids is 1. The molecule has 2 nitrogen and oxygen atoms in total. The second-order valence-corrected chi connectivity index (χ2v) is 5.84. The summed E-state index contributed by atoms with van der Waals surface area (Å²) in [5.41, 5.74) is 1.65. The van der Waals surface area contributed by atoms with Crippen LogP contribution < -0.4 is 0 Å². The summed E-state index contributed by atoms with van der Waals surface area (Å²) >= 11 is 0. The van der Waals surface area contributed by atoms with E-state index < -0.39 is 5.97 Å². The van der Waals surface area contributed by atoms with Crippen molar-refractivity contribution in [2.75, 3.05) is 0 Å². The summed E-state index contributed by atoms with van der Waals surface area (Å²) in [4.78, 5) is 10.8. The molecule has 1 aromatic carbocycles. The van der Waals surface area contributed by atoms with Crippen molar-refractivity contribution >= 4 is 5.97 Å². The Labute approximate surface area is 115 Å². The number of hydrogen-bond donors (Lipinski definition) is 1. The third kappa shape index (κ3) is 4.09. The third-order valence-electron chi connectivity index (χ3n) is 4.59. The molecule has 0 radical (unpaired) electrons. The Morgan fingerprint density at radius 1 is 1.11 bits per heavy atom. The van der Waals surface area contributed by atoms with Crippen LogP contribution in [0.3, 0.4) is 0 Å². The summed E-state index contributed by atoms with van der Waals surface area (Å²) in [6, 6.07) is 7.35. The SMILES string of the molecule is CC[C@H]1CC[C@H](CCc2ccc(C(=O)O)cc2)CC1. The van der Waals surface area contributed by atoms with Gasteiger partial charge in [0.05, 0.1) is 5.56 Å². The molecule has 1 aromatic rings. The second kappa shape index (κ2) is 6.74. The molecule has 104 valence electrons. The van der Waals surface area contributed by atoms with E-state index in [0.29, 0.717) is 5.56 Å². The molecular weight excluding hydrogens is 236 g/mol. The van der Waals surface area contributed by atoms with Gasteiger partial charge in [0.15, 0.2) is 0 Å². The number of aryl methyl sites for hydroxylation is 1. The molecule has 0 atom stereocenters. The highest BCUT2D eigenvalue weighted by atomic mass is 16.4. The van der Waals surface area contributed by atoms with Crippen molar-refractivity contribution < 1.29 is 9.90 Å². The van der Waals surface area contributed by atoms with Crippen molar-refractivity contribution in [1.29, 1.82) is 0 Å². The molecule has 0 heterocycles. The molecule has 1 aliphatic rings. The molecule has 0 spiro atoms. The summed E-state index contributed by atoms with van der Waals surface area (Å²) in [7, 11) is 0. The highest BCUT2D eigenvalue weighted by molar-refractivity contribution is 5.87. The third-order valence-corrected chi connectivity index (χ3v) is 4.59. The van der Waals surface area contributed by atoms with Gasteiger partial charge in [-0.05, 0) is 42.4 Å². The van der Waals surface area contributed by atoms with Crippen LogP contribution in [0.1, 0.15) is 61.4 Å². The Morgan fingerprint density at radius 3 is 2.21 bits per heavy atom. The minimum atomic E-state index is -0.843. The molecule has 0 bridgehead atoms. The van der Waals surface area contributed by atoms with Crippen LogP contribution in [-0.2, 0) is 6.42 Å². The van der Waals surface area contributed by atoms with E-state index >= 15 is 0 Å². The summed E-state index contributed by atoms with van der Waals surface area (Å²) in [6.07, 6.45) is 9.24. The average Bonchev–Trinajstić information content (AvgIpc) is 2.46. The fraction of sp³-hybridized carbons (Fsp3) is 0.588. The maximum absolute atomic E-state index is 10.8. The lowest BCUT2D eigenvalue weighted by atomic mass is 9.78. The van der Waals surface area contributed by atoms with Gasteiger partial charge in [-0.25, -0.2) is 4.79 Å². The first kappa shape index (κ1) is 14.1. The molecule has 0 aliphatic heterocycles. The van der Waals surface area contributed by atoms with Crippen molar-refractivity contribution in [1.82, 2.24) is 0 Å². The highest BCUT2D eigenvalue weighted by Crippen LogP contribution is 2.33. The maximum atomic E-state index is 10.8. The average molecular weight is 260 g/mol. The van der Waals surface area contributed by atoms with Crippen LogP contribution in [0, 0.1) is 11.8 Å². The van der Waals surface area contributed by atoms with Crippen LogP contribution in [0.4, 0.5) is 0 Å². The van der Waals surface area contributed by atoms with E-state index in [0.717, 1.165) is 18.3 Å². The van der Waals surface area contributed by atoms with E-state index in [9.17, 15) is 4.79 Å². The standard InChI is InChI=1S/C17H24O2/c1-2-13-3-5-14(6-4-13)7-8-15-9-11-16(12-10-15)17(18)19/h9-14H,2-8H2,1H3,(H,18,19)/t13-,14-. The highest BCUT2D eigenvalue weighted by Gasteiger charge is 2.19. The zero-order valence-corrected chi connectivity index (χ0v) is 11.8. The summed E-state index contributed by atoms with van der Waals surface area (Å²) in [5, 5.41) is 8.86. The Bertz CT molecular complexity index is 400. The van der Waals surface area contributed by atoms with Crippen molar-refractivity contribution in [2.24, 2.45) is 11.8 Å². The molecule has 1 aliphatic carbocycles. The van der Waals surface area contributed by atoms with Gasteiger partial charge in [-0.2, -0.15) is 0 Å². The van der Waals surface area contributed by atoms with Crippen molar-refractivity contribution in [3.05, 3.63) is 35.4 Å². The van der Waals surface area contributed by atoms with Crippen LogP contribution in [0.25, 0.3) is 0 Å². The van der Waals surface area contributed by atoms with Gasteiger partial charge in [0, 0.05) is 0 Å². The zero-order valence-electron chi connectivity index (χ0n) is 11.8. The van der Waals surface area contributed by atoms with Crippen LogP contribution in [0.2, 0.25) is 0 Å². The topological polar surface area (TPSA) is 37.3 Å². The van der Waals surface area contributed by atoms with E-state index in [2.05, 4.69) is 6.92 Å². The first-order valence-corrected chi connectivity index (χ1v) is 7.51. The molecule has 1 N–H and O–H groups in total. The van der Waals surface area contributed by atoms with E-state index in [1.807, 2.05) is 12.1 Å². The maximum Gasteiger partial charge on any atom is 0.335 e. The number of carbonyl (C=O) groups is 1. The number of aromatic carboxylic acids is 1. The molecule has 0 amide bonds. The molecule has 2 rings (SSSR count). The van der Waals surface area contributed by atoms with Gasteiger partial charge in [0.2, 0.25) is 0 Å². The van der Waals surface area contributed by atoms with Crippen LogP contribution >= 0.6 is 0 Å². The van der Waals surface area contributed by atoms with Crippen LogP contribution in [-0.4, -0.2) is 11.1 Å². The number of benzene rings is 1. The quantitative estimate of drug-likeness (QED) is 0.844. The van der Waals surface area contributed by atoms with Gasteiger partial charge in [-0.15, -0.1) is 0 Å². The van der Waals surface area contributed by atoms with E-state index in [1.165, 1.54) is 44.1 Å². The molecule has 19 heavy (non-hydrogen) atoms. The fourth-order valence-electron chi connectivity index (χ4n) is 3.11. The lowest BCUT2D eigenvalue weighted by Crippen LogP contribution is -2.14.